The van der Waals surface area contributed by atoms with Crippen molar-refractivity contribution in [2.24, 2.45) is 0 Å². The van der Waals surface area contributed by atoms with E-state index >= 15 is 0 Å². The molecule has 5 aromatic heterocycles. The molecule has 0 spiro atoms. The van der Waals surface area contributed by atoms with E-state index in [1.165, 1.54) is 84.0 Å². The van der Waals surface area contributed by atoms with E-state index < -0.39 is 20.0 Å². The van der Waals surface area contributed by atoms with Crippen LogP contribution in [0.5, 0.6) is 0 Å². The molecule has 6 N–H and O–H groups in total. The highest BCUT2D eigenvalue weighted by atomic mass is 35.5. The Morgan fingerprint density at radius 3 is 1.63 bits per heavy atom. The van der Waals surface area contributed by atoms with Gasteiger partial charge in [-0.25, -0.2) is 29.9 Å². The van der Waals surface area contributed by atoms with Crippen LogP contribution in [0.4, 0.5) is 8.78 Å². The number of nitrogens with one attached hydrogen (secondary N) is 6. The van der Waals surface area contributed by atoms with E-state index in [2.05, 4.69) is 104 Å². The van der Waals surface area contributed by atoms with Crippen LogP contribution in [0.25, 0.3) is 71.2 Å². The molecule has 0 bridgehead atoms. The summed E-state index contributed by atoms with van der Waals surface area (Å²) in [6.07, 6.45) is 24.7. The number of aromatic nitrogens is 5. The molecule has 0 atom stereocenters. The highest BCUT2D eigenvalue weighted by Crippen LogP contribution is 2.37. The fraction of sp³-hybridized carbons (Fsp3) is 0.347. The maximum absolute atomic E-state index is 13.9. The van der Waals surface area contributed by atoms with Crippen molar-refractivity contribution in [3.05, 3.63) is 196 Å². The number of hydrogen-bond donors (Lipinski definition) is 6. The quantitative estimate of drug-likeness (QED) is 0.0813. The number of carbonyl (C=O) groups is 3. The van der Waals surface area contributed by atoms with Crippen LogP contribution in [0.15, 0.2) is 146 Å². The number of hydrogen-bond acceptors (Lipinski definition) is 8. The van der Waals surface area contributed by atoms with Gasteiger partial charge in [-0.3, -0.25) is 14.4 Å². The Balaban J connectivity index is 0.000000124. The number of likely N-dealkylation sites (tertiary alicyclic amines) is 1. The molecular formula is C75H86ClF2N11O7S2. The van der Waals surface area contributed by atoms with Gasteiger partial charge in [0.1, 0.15) is 11.6 Å². The second-order valence-corrected chi connectivity index (χ2v) is 30.2. The highest BCUT2D eigenvalue weighted by Gasteiger charge is 2.29. The minimum Gasteiger partial charge on any atom is -0.361 e. The zero-order valence-corrected chi connectivity index (χ0v) is 58.7. The summed E-state index contributed by atoms with van der Waals surface area (Å²) in [5, 5.41) is 8.94. The van der Waals surface area contributed by atoms with E-state index in [0.29, 0.717) is 69.5 Å². The standard InChI is InChI=1S/C16H21N3O.C15H15ClN2O.C15H15FN2O.C15H20N2O2S.C14H15FN2O2S/c1-17-11-16(20)19-8-6-12(7-9-19)14-10-18-15-5-3-2-4-13(14)15;1-10(19)18-6-4-11(5-7-18)14-9-17-15-8-12(16)2-3-13(14)15;1-10(19)18-6-4-11(5-7-18)14-9-17-15-3-2-12(16)8-13(14)15;1-11-3-4-15-13(9-11)14(10-16-15)12-5-7-17(8-6-12)20(2,18)19;1-20(18,19)17-7-5-10(6-8-17)11-9-16-13-4-2-3-12(15)14(11)13/h2-5,10,12,17-18H,6-9,11H2,1H3;2*2-4,8-9,17H,5-7H2,1H3;3-4,9-10,12,16H,5-8H2,1-2H3;2-5,9,16H,6-8H2,1H3. The first-order valence-electron chi connectivity index (χ1n) is 33.4. The molecule has 0 unspecified atom stereocenters. The van der Waals surface area contributed by atoms with Crippen LogP contribution in [-0.2, 0) is 34.4 Å². The maximum Gasteiger partial charge on any atom is 0.236 e. The van der Waals surface area contributed by atoms with Crippen molar-refractivity contribution in [1.29, 1.82) is 0 Å². The summed E-state index contributed by atoms with van der Waals surface area (Å²) >= 11 is 5.99. The SMILES string of the molecule is CC(=O)N1CC=C(c2c[nH]c3cc(Cl)ccc23)CC1.CC(=O)N1CC=C(c2c[nH]c3ccc(F)cc23)CC1.CNCC(=O)N1CCC(c2c[nH]c3ccccc23)CC1.CS(=O)(=O)N1CC=C(c2c[nH]c3cccc(F)c23)CC1.Cc1ccc2[nH]cc(C3CCN(S(C)(=O)=O)CC3)c2c1. The Morgan fingerprint density at radius 1 is 0.510 bits per heavy atom. The fourth-order valence-corrected chi connectivity index (χ4v) is 15.8. The number of sulfonamides is 2. The van der Waals surface area contributed by atoms with Gasteiger partial charge in [0.15, 0.2) is 0 Å². The van der Waals surface area contributed by atoms with Gasteiger partial charge in [-0.05, 0) is 159 Å². The van der Waals surface area contributed by atoms with E-state index in [1.807, 2.05) is 59.6 Å². The second kappa shape index (κ2) is 31.1. The van der Waals surface area contributed by atoms with E-state index in [-0.39, 0.29) is 29.4 Å². The minimum atomic E-state index is -3.16. The van der Waals surface area contributed by atoms with Gasteiger partial charge in [0.05, 0.1) is 19.1 Å². The fourth-order valence-electron chi connectivity index (χ4n) is 13.9. The van der Waals surface area contributed by atoms with Crippen molar-refractivity contribution < 1.29 is 40.0 Å². The second-order valence-electron chi connectivity index (χ2n) is 25.8. The summed E-state index contributed by atoms with van der Waals surface area (Å²) in [6.45, 7) is 12.4. The number of halogens is 3. The molecule has 10 heterocycles. The average Bonchev–Trinajstić information content (AvgIpc) is 1.63. The predicted molar refractivity (Wildman–Crippen MR) is 391 cm³/mol. The highest BCUT2D eigenvalue weighted by molar-refractivity contribution is 7.88. The summed E-state index contributed by atoms with van der Waals surface area (Å²) in [5.74, 6) is 0.972. The molecule has 15 rings (SSSR count). The van der Waals surface area contributed by atoms with Gasteiger partial charge in [-0.2, -0.15) is 4.31 Å². The number of amides is 3. The zero-order valence-electron chi connectivity index (χ0n) is 56.3. The Bertz CT molecular complexity index is 4880. The van der Waals surface area contributed by atoms with Crippen molar-refractivity contribution in [3.63, 3.8) is 0 Å². The van der Waals surface area contributed by atoms with E-state index in [1.54, 1.807) is 47.4 Å². The first-order chi connectivity index (χ1) is 47.0. The van der Waals surface area contributed by atoms with Crippen molar-refractivity contribution in [3.8, 4) is 0 Å². The van der Waals surface area contributed by atoms with Gasteiger partial charge in [0.25, 0.3) is 0 Å². The number of fused-ring (bicyclic) bond motifs is 5. The molecule has 0 aliphatic carbocycles. The van der Waals surface area contributed by atoms with Gasteiger partial charge < -0.3 is 44.9 Å². The number of rotatable bonds is 9. The average molecular weight is 1390 g/mol. The topological polar surface area (TPSA) is 227 Å². The molecule has 516 valence electrons. The van der Waals surface area contributed by atoms with Crippen molar-refractivity contribution in [2.45, 2.75) is 77.6 Å². The van der Waals surface area contributed by atoms with Crippen LogP contribution in [0.2, 0.25) is 5.02 Å². The van der Waals surface area contributed by atoms with Crippen molar-refractivity contribution in [1.82, 2.24) is 53.5 Å². The summed E-state index contributed by atoms with van der Waals surface area (Å²) in [4.78, 5) is 56.2. The summed E-state index contributed by atoms with van der Waals surface area (Å²) in [6, 6.07) is 30.4. The maximum atomic E-state index is 13.9. The van der Waals surface area contributed by atoms with Crippen molar-refractivity contribution >= 4 is 121 Å². The van der Waals surface area contributed by atoms with Crippen LogP contribution in [0.1, 0.15) is 104 Å². The summed E-state index contributed by atoms with van der Waals surface area (Å²) in [5.41, 5.74) is 15.6. The molecule has 3 amide bonds. The molecule has 5 aliphatic rings. The number of para-hydroxylation sites is 1. The van der Waals surface area contributed by atoms with Crippen molar-refractivity contribution in [2.75, 3.05) is 91.6 Å². The number of nitrogens with zero attached hydrogens (tertiary/aromatic N) is 5. The Hall–Kier alpha value is -8.64. The molecule has 18 nitrogen and oxygen atoms in total. The third-order valence-corrected chi connectivity index (χ3v) is 22.2. The summed E-state index contributed by atoms with van der Waals surface area (Å²) < 4.78 is 76.4. The van der Waals surface area contributed by atoms with Gasteiger partial charge >= 0.3 is 0 Å². The molecule has 5 aromatic carbocycles. The normalized spacial score (nSPS) is 16.9. The monoisotopic (exact) mass is 1390 g/mol. The Morgan fingerprint density at radius 2 is 1.03 bits per heavy atom. The first kappa shape index (κ1) is 70.7. The lowest BCUT2D eigenvalue weighted by atomic mass is 9.89. The van der Waals surface area contributed by atoms with Gasteiger partial charge in [0, 0.05) is 187 Å². The Labute approximate surface area is 576 Å². The number of piperidine rings is 2. The third-order valence-electron chi connectivity index (χ3n) is 19.4. The number of aryl methyl sites for hydroxylation is 1. The van der Waals surface area contributed by atoms with Crippen LogP contribution < -0.4 is 5.32 Å². The Kier molecular flexibility index (Phi) is 22.4. The lowest BCUT2D eigenvalue weighted by molar-refractivity contribution is -0.131. The number of benzene rings is 5. The van der Waals surface area contributed by atoms with Crippen LogP contribution >= 0.6 is 11.6 Å². The number of likely N-dealkylation sites (N-methyl/N-ethyl adjacent to an activating group) is 1. The van der Waals surface area contributed by atoms with E-state index in [9.17, 15) is 40.0 Å². The van der Waals surface area contributed by atoms with Crippen LogP contribution in [0, 0.1) is 18.6 Å². The zero-order chi connectivity index (χ0) is 69.4. The number of carbonyl (C=O) groups excluding carboxylic acids is 3. The van der Waals surface area contributed by atoms with Gasteiger partial charge in [0.2, 0.25) is 37.8 Å². The lowest BCUT2D eigenvalue weighted by Crippen LogP contribution is -2.41. The van der Waals surface area contributed by atoms with Crippen LogP contribution in [0.3, 0.4) is 0 Å². The van der Waals surface area contributed by atoms with E-state index in [4.69, 9.17) is 11.6 Å². The van der Waals surface area contributed by atoms with E-state index in [0.717, 1.165) is 114 Å². The van der Waals surface area contributed by atoms with Gasteiger partial charge in [-0.1, -0.05) is 71.8 Å². The molecule has 0 radical (unpaired) electrons. The smallest absolute Gasteiger partial charge is 0.236 e. The van der Waals surface area contributed by atoms with Gasteiger partial charge in [-0.15, -0.1) is 0 Å². The predicted octanol–water partition coefficient (Wildman–Crippen LogP) is 13.5. The molecule has 0 saturated carbocycles. The number of H-pyrrole nitrogens is 5. The molecule has 10 aromatic rings. The van der Waals surface area contributed by atoms with Crippen LogP contribution in [-0.4, -0.2) is 174 Å². The largest absolute Gasteiger partial charge is 0.361 e. The molecule has 98 heavy (non-hydrogen) atoms. The summed E-state index contributed by atoms with van der Waals surface area (Å²) in [7, 11) is -4.39. The number of aromatic amines is 5. The molecule has 2 fully saturated rings. The molecule has 5 aliphatic heterocycles. The molecule has 23 heteroatoms. The molecule has 2 saturated heterocycles. The molecular weight excluding hydrogens is 1300 g/mol. The third kappa shape index (κ3) is 16.7. The first-order valence-corrected chi connectivity index (χ1v) is 37.4. The minimum absolute atomic E-state index is 0.0975. The lowest BCUT2D eigenvalue weighted by Gasteiger charge is -2.32.